The van der Waals surface area contributed by atoms with Crippen LogP contribution in [0.5, 0.6) is 0 Å². The Hall–Kier alpha value is -3.38. The van der Waals surface area contributed by atoms with E-state index in [-0.39, 0.29) is 5.91 Å². The summed E-state index contributed by atoms with van der Waals surface area (Å²) in [5.41, 5.74) is 2.52. The van der Waals surface area contributed by atoms with Crippen LogP contribution in [0, 0.1) is 0 Å². The minimum atomic E-state index is -0.430. The van der Waals surface area contributed by atoms with Gasteiger partial charge >= 0.3 is 5.63 Å². The molecule has 0 spiro atoms. The van der Waals surface area contributed by atoms with Crippen molar-refractivity contribution in [3.8, 4) is 0 Å². The number of hydrogen-bond donors (Lipinski definition) is 1. The van der Waals surface area contributed by atoms with E-state index in [9.17, 15) is 9.59 Å². The fraction of sp³-hybridized carbons (Fsp3) is 0.250. The van der Waals surface area contributed by atoms with Gasteiger partial charge in [0.2, 0.25) is 0 Å². The van der Waals surface area contributed by atoms with Crippen molar-refractivity contribution in [3.05, 3.63) is 82.3 Å². The Bertz CT molecular complexity index is 1240. The first-order valence-electron chi connectivity index (χ1n) is 10.1. The standard InChI is InChI=1S/C24H25N3O3/c1-26(16-17-9-4-3-5-10-17)14-8-13-25-23(28)20-15-19-22(27(20)2)18-11-6-7-12-21(18)30-24(19)29/h3-7,9-12,15H,8,13-14,16H2,1-2H3,(H,25,28). The highest BCUT2D eigenvalue weighted by molar-refractivity contribution is 6.07. The van der Waals surface area contributed by atoms with Crippen LogP contribution in [-0.4, -0.2) is 35.5 Å². The van der Waals surface area contributed by atoms with Gasteiger partial charge in [-0.15, -0.1) is 0 Å². The van der Waals surface area contributed by atoms with Crippen LogP contribution in [-0.2, 0) is 13.6 Å². The van der Waals surface area contributed by atoms with Gasteiger partial charge in [-0.25, -0.2) is 4.79 Å². The summed E-state index contributed by atoms with van der Waals surface area (Å²) in [5.74, 6) is -0.192. The maximum Gasteiger partial charge on any atom is 0.345 e. The summed E-state index contributed by atoms with van der Waals surface area (Å²) in [6, 6.07) is 19.3. The third-order valence-electron chi connectivity index (χ3n) is 5.33. The third kappa shape index (κ3) is 4.00. The molecule has 154 valence electrons. The molecule has 1 N–H and O–H groups in total. The second kappa shape index (κ2) is 8.55. The van der Waals surface area contributed by atoms with Crippen molar-refractivity contribution in [1.29, 1.82) is 0 Å². The summed E-state index contributed by atoms with van der Waals surface area (Å²) in [6.07, 6.45) is 0.837. The molecule has 0 fully saturated rings. The molecule has 0 unspecified atom stereocenters. The van der Waals surface area contributed by atoms with E-state index in [4.69, 9.17) is 4.42 Å². The van der Waals surface area contributed by atoms with Crippen LogP contribution in [0.25, 0.3) is 21.9 Å². The van der Waals surface area contributed by atoms with Gasteiger partial charge in [0.05, 0.1) is 10.9 Å². The number of carbonyl (C=O) groups excluding carboxylic acids is 1. The van der Waals surface area contributed by atoms with E-state index in [0.717, 1.165) is 30.4 Å². The molecule has 2 heterocycles. The molecule has 0 saturated carbocycles. The number of aryl methyl sites for hydroxylation is 1. The molecule has 30 heavy (non-hydrogen) atoms. The number of nitrogens with one attached hydrogen (secondary N) is 1. The molecular weight excluding hydrogens is 378 g/mol. The Morgan fingerprint density at radius 2 is 1.80 bits per heavy atom. The van der Waals surface area contributed by atoms with Crippen molar-refractivity contribution < 1.29 is 9.21 Å². The molecule has 0 aliphatic heterocycles. The summed E-state index contributed by atoms with van der Waals surface area (Å²) in [4.78, 5) is 27.3. The molecular formula is C24H25N3O3. The van der Waals surface area contributed by atoms with Gasteiger partial charge in [0.15, 0.2) is 0 Å². The van der Waals surface area contributed by atoms with Crippen molar-refractivity contribution in [1.82, 2.24) is 14.8 Å². The molecule has 0 saturated heterocycles. The van der Waals surface area contributed by atoms with Crippen molar-refractivity contribution in [3.63, 3.8) is 0 Å². The van der Waals surface area contributed by atoms with Gasteiger partial charge in [0, 0.05) is 25.5 Å². The van der Waals surface area contributed by atoms with E-state index in [1.807, 2.05) is 36.4 Å². The van der Waals surface area contributed by atoms with Crippen molar-refractivity contribution >= 4 is 27.8 Å². The number of nitrogens with zero attached hydrogens (tertiary/aromatic N) is 2. The fourth-order valence-corrected chi connectivity index (χ4v) is 3.82. The SMILES string of the molecule is CN(CCCNC(=O)c1cc2c(=O)oc3ccccc3c2n1C)Cc1ccccc1. The average molecular weight is 403 g/mol. The van der Waals surface area contributed by atoms with Crippen LogP contribution in [0.3, 0.4) is 0 Å². The number of amides is 1. The van der Waals surface area contributed by atoms with Crippen molar-refractivity contribution in [2.24, 2.45) is 7.05 Å². The zero-order valence-corrected chi connectivity index (χ0v) is 17.2. The molecule has 0 bridgehead atoms. The van der Waals surface area contributed by atoms with Crippen LogP contribution in [0.4, 0.5) is 0 Å². The van der Waals surface area contributed by atoms with E-state index < -0.39 is 5.63 Å². The lowest BCUT2D eigenvalue weighted by molar-refractivity contribution is 0.0944. The van der Waals surface area contributed by atoms with E-state index in [1.54, 1.807) is 23.7 Å². The maximum absolute atomic E-state index is 12.7. The molecule has 0 aliphatic rings. The zero-order valence-electron chi connectivity index (χ0n) is 17.2. The van der Waals surface area contributed by atoms with Crippen LogP contribution in [0.2, 0.25) is 0 Å². The van der Waals surface area contributed by atoms with Crippen molar-refractivity contribution in [2.75, 3.05) is 20.1 Å². The summed E-state index contributed by atoms with van der Waals surface area (Å²) >= 11 is 0. The predicted molar refractivity (Wildman–Crippen MR) is 119 cm³/mol. The molecule has 2 aromatic carbocycles. The first kappa shape index (κ1) is 19.9. The zero-order chi connectivity index (χ0) is 21.1. The first-order valence-corrected chi connectivity index (χ1v) is 10.1. The van der Waals surface area contributed by atoms with Crippen LogP contribution < -0.4 is 10.9 Å². The van der Waals surface area contributed by atoms with E-state index in [2.05, 4.69) is 29.4 Å². The smallest absolute Gasteiger partial charge is 0.345 e. The minimum absolute atomic E-state index is 0.192. The number of fused-ring (bicyclic) bond motifs is 3. The molecule has 6 nitrogen and oxygen atoms in total. The van der Waals surface area contributed by atoms with Gasteiger partial charge in [-0.1, -0.05) is 42.5 Å². The first-order chi connectivity index (χ1) is 14.5. The topological polar surface area (TPSA) is 67.5 Å². The number of rotatable bonds is 7. The van der Waals surface area contributed by atoms with Gasteiger partial charge in [0.25, 0.3) is 5.91 Å². The Morgan fingerprint density at radius 3 is 2.60 bits per heavy atom. The van der Waals surface area contributed by atoms with Gasteiger partial charge < -0.3 is 19.2 Å². The number of carbonyl (C=O) groups is 1. The molecule has 2 aromatic heterocycles. The van der Waals surface area contributed by atoms with E-state index in [0.29, 0.717) is 23.2 Å². The summed E-state index contributed by atoms with van der Waals surface area (Å²) in [7, 11) is 3.87. The third-order valence-corrected chi connectivity index (χ3v) is 5.33. The quantitative estimate of drug-likeness (QED) is 0.379. The summed E-state index contributed by atoms with van der Waals surface area (Å²) < 4.78 is 7.16. The maximum atomic E-state index is 12.7. The Morgan fingerprint density at radius 1 is 1.07 bits per heavy atom. The monoisotopic (exact) mass is 403 g/mol. The average Bonchev–Trinajstić information content (AvgIpc) is 3.10. The lowest BCUT2D eigenvalue weighted by Crippen LogP contribution is -2.29. The van der Waals surface area contributed by atoms with E-state index in [1.165, 1.54) is 5.56 Å². The Kier molecular flexibility index (Phi) is 5.68. The molecule has 6 heteroatoms. The van der Waals surface area contributed by atoms with Crippen LogP contribution in [0.15, 0.2) is 69.9 Å². The molecule has 4 aromatic rings. The highest BCUT2D eigenvalue weighted by Gasteiger charge is 2.18. The fourth-order valence-electron chi connectivity index (χ4n) is 3.82. The Balaban J connectivity index is 1.41. The molecule has 0 aliphatic carbocycles. The minimum Gasteiger partial charge on any atom is -0.422 e. The number of benzene rings is 2. The van der Waals surface area contributed by atoms with Crippen LogP contribution in [0.1, 0.15) is 22.5 Å². The van der Waals surface area contributed by atoms with Crippen LogP contribution >= 0.6 is 0 Å². The lowest BCUT2D eigenvalue weighted by Gasteiger charge is -2.16. The Labute approximate surface area is 174 Å². The van der Waals surface area contributed by atoms with Gasteiger partial charge in [-0.2, -0.15) is 0 Å². The molecule has 4 rings (SSSR count). The second-order valence-corrected chi connectivity index (χ2v) is 7.57. The number of para-hydroxylation sites is 1. The van der Waals surface area contributed by atoms with Crippen molar-refractivity contribution in [2.45, 2.75) is 13.0 Å². The number of aromatic nitrogens is 1. The summed E-state index contributed by atoms with van der Waals surface area (Å²) in [5, 5.41) is 4.20. The van der Waals surface area contributed by atoms with Gasteiger partial charge in [0.1, 0.15) is 11.3 Å². The molecule has 0 radical (unpaired) electrons. The largest absolute Gasteiger partial charge is 0.422 e. The summed E-state index contributed by atoms with van der Waals surface area (Å²) in [6.45, 7) is 2.31. The van der Waals surface area contributed by atoms with Gasteiger partial charge in [-0.05, 0) is 43.8 Å². The highest BCUT2D eigenvalue weighted by atomic mass is 16.4. The van der Waals surface area contributed by atoms with E-state index >= 15 is 0 Å². The molecule has 1 amide bonds. The lowest BCUT2D eigenvalue weighted by atomic mass is 10.2. The normalized spacial score (nSPS) is 11.4. The molecule has 0 atom stereocenters. The van der Waals surface area contributed by atoms with Gasteiger partial charge in [-0.3, -0.25) is 4.79 Å². The highest BCUT2D eigenvalue weighted by Crippen LogP contribution is 2.25. The number of hydrogen-bond acceptors (Lipinski definition) is 4. The predicted octanol–water partition coefficient (Wildman–Crippen LogP) is 3.54. The second-order valence-electron chi connectivity index (χ2n) is 7.57.